The van der Waals surface area contributed by atoms with Gasteiger partial charge in [0.1, 0.15) is 17.4 Å². The molecule has 0 bridgehead atoms. The summed E-state index contributed by atoms with van der Waals surface area (Å²) in [6.45, 7) is 0. The summed E-state index contributed by atoms with van der Waals surface area (Å²) in [7, 11) is 3.07. The van der Waals surface area contributed by atoms with Crippen LogP contribution in [-0.2, 0) is 0 Å². The number of allylic oxidation sites excluding steroid dienone is 2. The number of hydrogen-bond acceptors (Lipinski definition) is 6. The number of nitrogens with zero attached hydrogens (tertiary/aromatic N) is 3. The Hall–Kier alpha value is -3.30. The van der Waals surface area contributed by atoms with Gasteiger partial charge in [0.25, 0.3) is 0 Å². The van der Waals surface area contributed by atoms with Gasteiger partial charge in [-0.3, -0.25) is 0 Å². The summed E-state index contributed by atoms with van der Waals surface area (Å²) in [4.78, 5) is 0. The molecule has 2 aliphatic carbocycles. The molecular weight excluding hydrogens is 328 g/mol. The second-order valence-electron chi connectivity index (χ2n) is 6.48. The van der Waals surface area contributed by atoms with Crippen LogP contribution in [0.2, 0.25) is 0 Å². The number of methoxy groups -OCH3 is 2. The molecule has 3 atom stereocenters. The summed E-state index contributed by atoms with van der Waals surface area (Å²) in [5.74, 6) is -0.409. The zero-order valence-electron chi connectivity index (χ0n) is 14.6. The maximum atomic E-state index is 9.93. The van der Waals surface area contributed by atoms with Gasteiger partial charge in [0.2, 0.25) is 0 Å². The molecule has 0 aliphatic heterocycles. The summed E-state index contributed by atoms with van der Waals surface area (Å²) in [5, 5.41) is 37.9. The van der Waals surface area contributed by atoms with Crippen LogP contribution >= 0.6 is 0 Å². The topological polar surface area (TPSA) is 114 Å². The van der Waals surface area contributed by atoms with Crippen LogP contribution in [0.25, 0.3) is 0 Å². The third kappa shape index (κ3) is 2.25. The second kappa shape index (κ2) is 6.54. The molecule has 0 spiro atoms. The van der Waals surface area contributed by atoms with Crippen molar-refractivity contribution in [1.29, 1.82) is 21.2 Å². The minimum Gasteiger partial charge on any atom is -0.497 e. The minimum atomic E-state index is -1.70. The van der Waals surface area contributed by atoms with Crippen LogP contribution < -0.4 is 9.47 Å². The SMILES string of the molecule is COc1ccc([C@@H]2[C@H]3CCC=C3[C@H](C#N)C(=N)C2(C#N)C#N)c(OC)c1. The molecule has 1 aromatic carbocycles. The van der Waals surface area contributed by atoms with Crippen molar-refractivity contribution in [1.82, 2.24) is 0 Å². The molecule has 0 heterocycles. The number of fused-ring (bicyclic) bond motifs is 1. The van der Waals surface area contributed by atoms with E-state index in [0.29, 0.717) is 17.1 Å². The first-order chi connectivity index (χ1) is 12.6. The Labute approximate surface area is 152 Å². The van der Waals surface area contributed by atoms with Crippen molar-refractivity contribution >= 4 is 5.71 Å². The number of hydrogen-bond donors (Lipinski definition) is 1. The molecule has 0 radical (unpaired) electrons. The Morgan fingerprint density at radius 3 is 2.46 bits per heavy atom. The van der Waals surface area contributed by atoms with E-state index in [-0.39, 0.29) is 11.6 Å². The van der Waals surface area contributed by atoms with Crippen molar-refractivity contribution in [2.45, 2.75) is 18.8 Å². The smallest absolute Gasteiger partial charge is 0.189 e. The Kier molecular flexibility index (Phi) is 4.41. The van der Waals surface area contributed by atoms with Crippen LogP contribution in [0, 0.1) is 56.7 Å². The Balaban J connectivity index is 2.26. The zero-order valence-corrected chi connectivity index (χ0v) is 14.6. The predicted octanol–water partition coefficient (Wildman–Crippen LogP) is 3.33. The van der Waals surface area contributed by atoms with Gasteiger partial charge in [0.15, 0.2) is 5.41 Å². The molecule has 130 valence electrons. The van der Waals surface area contributed by atoms with Gasteiger partial charge in [-0.1, -0.05) is 12.1 Å². The molecule has 1 aromatic rings. The van der Waals surface area contributed by atoms with Crippen LogP contribution in [0.15, 0.2) is 29.8 Å². The van der Waals surface area contributed by atoms with Crippen LogP contribution in [0.1, 0.15) is 24.3 Å². The molecule has 0 amide bonds. The molecule has 0 unspecified atom stereocenters. The predicted molar refractivity (Wildman–Crippen MR) is 93.6 cm³/mol. The maximum absolute atomic E-state index is 9.93. The number of benzene rings is 1. The molecule has 6 heteroatoms. The highest BCUT2D eigenvalue weighted by molar-refractivity contribution is 6.01. The Morgan fingerprint density at radius 1 is 1.15 bits per heavy atom. The van der Waals surface area contributed by atoms with Gasteiger partial charge < -0.3 is 14.9 Å². The lowest BCUT2D eigenvalue weighted by atomic mass is 9.55. The fourth-order valence-corrected chi connectivity index (χ4v) is 4.25. The number of nitrogens with one attached hydrogen (secondary N) is 1. The largest absolute Gasteiger partial charge is 0.497 e. The molecule has 1 fully saturated rings. The van der Waals surface area contributed by atoms with Gasteiger partial charge >= 0.3 is 0 Å². The normalized spacial score (nSPS) is 25.9. The molecular formula is C20H18N4O2. The molecule has 3 rings (SSSR count). The highest BCUT2D eigenvalue weighted by atomic mass is 16.5. The Morgan fingerprint density at radius 2 is 1.88 bits per heavy atom. The summed E-state index contributed by atoms with van der Waals surface area (Å²) in [6.07, 6.45) is 3.49. The third-order valence-corrected chi connectivity index (χ3v) is 5.46. The Bertz CT molecular complexity index is 899. The van der Waals surface area contributed by atoms with Crippen LogP contribution in [0.3, 0.4) is 0 Å². The summed E-state index contributed by atoms with van der Waals surface area (Å²) in [5.41, 5.74) is -0.302. The first-order valence-corrected chi connectivity index (χ1v) is 8.30. The molecule has 26 heavy (non-hydrogen) atoms. The van der Waals surface area contributed by atoms with Crippen LogP contribution in [0.4, 0.5) is 0 Å². The highest BCUT2D eigenvalue weighted by Crippen LogP contribution is 2.57. The van der Waals surface area contributed by atoms with Gasteiger partial charge in [0.05, 0.1) is 38.1 Å². The lowest BCUT2D eigenvalue weighted by molar-refractivity contribution is 0.333. The molecule has 0 saturated heterocycles. The number of nitriles is 3. The lowest BCUT2D eigenvalue weighted by Gasteiger charge is -2.43. The summed E-state index contributed by atoms with van der Waals surface area (Å²) in [6, 6.07) is 11.5. The van der Waals surface area contributed by atoms with Crippen molar-refractivity contribution in [3.05, 3.63) is 35.4 Å². The first kappa shape index (κ1) is 17.5. The first-order valence-electron chi connectivity index (χ1n) is 8.30. The van der Waals surface area contributed by atoms with E-state index in [2.05, 4.69) is 18.2 Å². The van der Waals surface area contributed by atoms with Crippen molar-refractivity contribution in [2.24, 2.45) is 17.3 Å². The van der Waals surface area contributed by atoms with Crippen molar-refractivity contribution in [2.75, 3.05) is 14.2 Å². The van der Waals surface area contributed by atoms with E-state index in [1.165, 1.54) is 7.11 Å². The van der Waals surface area contributed by atoms with E-state index in [4.69, 9.17) is 14.9 Å². The van der Waals surface area contributed by atoms with E-state index in [1.807, 2.05) is 6.08 Å². The lowest BCUT2D eigenvalue weighted by Crippen LogP contribution is -2.47. The fourth-order valence-electron chi connectivity index (χ4n) is 4.25. The average molecular weight is 346 g/mol. The summed E-state index contributed by atoms with van der Waals surface area (Å²) < 4.78 is 10.7. The number of rotatable bonds is 3. The monoisotopic (exact) mass is 346 g/mol. The van der Waals surface area contributed by atoms with Crippen molar-refractivity contribution in [3.8, 4) is 29.7 Å². The minimum absolute atomic E-state index is 0.141. The van der Waals surface area contributed by atoms with E-state index in [9.17, 15) is 15.8 Å². The second-order valence-corrected chi connectivity index (χ2v) is 6.48. The van der Waals surface area contributed by atoms with Crippen molar-refractivity contribution in [3.63, 3.8) is 0 Å². The van der Waals surface area contributed by atoms with Crippen LogP contribution in [0.5, 0.6) is 11.5 Å². The van der Waals surface area contributed by atoms with E-state index >= 15 is 0 Å². The molecule has 6 nitrogen and oxygen atoms in total. The van der Waals surface area contributed by atoms with Gasteiger partial charge in [-0.2, -0.15) is 15.8 Å². The van der Waals surface area contributed by atoms with Crippen LogP contribution in [-0.4, -0.2) is 19.9 Å². The van der Waals surface area contributed by atoms with E-state index < -0.39 is 17.3 Å². The van der Waals surface area contributed by atoms with Crippen molar-refractivity contribution < 1.29 is 9.47 Å². The highest BCUT2D eigenvalue weighted by Gasteiger charge is 2.58. The fraction of sp³-hybridized carbons (Fsp3) is 0.400. The molecule has 2 aliphatic rings. The molecule has 1 saturated carbocycles. The maximum Gasteiger partial charge on any atom is 0.189 e. The molecule has 1 N–H and O–H groups in total. The van der Waals surface area contributed by atoms with Gasteiger partial charge in [0, 0.05) is 17.5 Å². The van der Waals surface area contributed by atoms with E-state index in [1.54, 1.807) is 25.3 Å². The van der Waals surface area contributed by atoms with Gasteiger partial charge in [-0.15, -0.1) is 0 Å². The summed E-state index contributed by atoms with van der Waals surface area (Å²) >= 11 is 0. The van der Waals surface area contributed by atoms with Gasteiger partial charge in [-0.25, -0.2) is 0 Å². The van der Waals surface area contributed by atoms with E-state index in [0.717, 1.165) is 18.4 Å². The standard InChI is InChI=1S/C20H18N4O2/c1-25-12-6-7-15(17(8-12)26-2)18-14-5-3-4-13(14)16(9-21)19(24)20(18,10-22)11-23/h4,6-8,14,16,18,24H,3,5H2,1-2H3/t14-,16-,18-/m0/s1. The van der Waals surface area contributed by atoms with Gasteiger partial charge in [-0.05, 0) is 30.4 Å². The number of ether oxygens (including phenoxy) is 2. The molecule has 0 aromatic heterocycles. The zero-order chi connectivity index (χ0) is 18.9. The quantitative estimate of drug-likeness (QED) is 0.843. The average Bonchev–Trinajstić information content (AvgIpc) is 3.15. The third-order valence-electron chi connectivity index (χ3n) is 5.46.